The minimum absolute atomic E-state index is 0.000995. The van der Waals surface area contributed by atoms with Crippen molar-refractivity contribution in [1.82, 2.24) is 0 Å². The molecule has 0 aliphatic carbocycles. The van der Waals surface area contributed by atoms with E-state index in [1.807, 2.05) is 6.07 Å². The number of amides is 1. The monoisotopic (exact) mass is 401 g/mol. The lowest BCUT2D eigenvalue weighted by molar-refractivity contribution is 0.0697. The van der Waals surface area contributed by atoms with Crippen LogP contribution in [0.2, 0.25) is 5.02 Å². The lowest BCUT2D eigenvalue weighted by Crippen LogP contribution is -2.12. The Morgan fingerprint density at radius 2 is 1.90 bits per heavy atom. The van der Waals surface area contributed by atoms with Gasteiger partial charge in [0.05, 0.1) is 10.6 Å². The minimum Gasteiger partial charge on any atom is -0.478 e. The highest BCUT2D eigenvalue weighted by molar-refractivity contribution is 14.1. The van der Waals surface area contributed by atoms with Gasteiger partial charge in [-0.1, -0.05) is 17.7 Å². The second kappa shape index (κ2) is 6.23. The zero-order valence-electron chi connectivity index (χ0n) is 10.1. The lowest BCUT2D eigenvalue weighted by Gasteiger charge is -2.07. The molecule has 0 spiro atoms. The van der Waals surface area contributed by atoms with E-state index in [4.69, 9.17) is 16.7 Å². The van der Waals surface area contributed by atoms with Gasteiger partial charge in [-0.15, -0.1) is 0 Å². The molecule has 1 amide bonds. The van der Waals surface area contributed by atoms with Crippen molar-refractivity contribution in [2.45, 2.75) is 0 Å². The first kappa shape index (κ1) is 14.8. The Bertz CT molecular complexity index is 688. The molecule has 0 radical (unpaired) electrons. The number of carboxylic acid groups (broad SMARTS) is 1. The van der Waals surface area contributed by atoms with E-state index in [-0.39, 0.29) is 16.5 Å². The van der Waals surface area contributed by atoms with Crippen LogP contribution in [0.1, 0.15) is 20.7 Å². The largest absolute Gasteiger partial charge is 0.478 e. The summed E-state index contributed by atoms with van der Waals surface area (Å²) < 4.78 is 0.953. The van der Waals surface area contributed by atoms with Gasteiger partial charge < -0.3 is 10.4 Å². The first-order valence-corrected chi connectivity index (χ1v) is 7.03. The highest BCUT2D eigenvalue weighted by Crippen LogP contribution is 2.21. The summed E-state index contributed by atoms with van der Waals surface area (Å²) >= 11 is 7.97. The van der Waals surface area contributed by atoms with Crippen molar-refractivity contribution in [1.29, 1.82) is 0 Å². The highest BCUT2D eigenvalue weighted by Gasteiger charge is 2.11. The molecule has 0 fully saturated rings. The fraction of sp³-hybridized carbons (Fsp3) is 0. The average Bonchev–Trinajstić information content (AvgIpc) is 2.38. The number of carbonyl (C=O) groups is 2. The molecule has 20 heavy (non-hydrogen) atoms. The Balaban J connectivity index is 2.20. The zero-order valence-corrected chi connectivity index (χ0v) is 13.0. The number of aromatic carboxylic acids is 1. The van der Waals surface area contributed by atoms with Crippen LogP contribution in [0.5, 0.6) is 0 Å². The van der Waals surface area contributed by atoms with Crippen molar-refractivity contribution in [3.63, 3.8) is 0 Å². The van der Waals surface area contributed by atoms with Gasteiger partial charge in [-0.3, -0.25) is 4.79 Å². The number of hydrogen-bond acceptors (Lipinski definition) is 2. The van der Waals surface area contributed by atoms with Gasteiger partial charge >= 0.3 is 5.97 Å². The molecule has 2 N–H and O–H groups in total. The number of nitrogens with one attached hydrogen (secondary N) is 1. The summed E-state index contributed by atoms with van der Waals surface area (Å²) in [6.07, 6.45) is 0. The Kier molecular flexibility index (Phi) is 4.61. The molecule has 0 aliphatic heterocycles. The zero-order chi connectivity index (χ0) is 14.7. The van der Waals surface area contributed by atoms with E-state index in [0.29, 0.717) is 11.3 Å². The molecule has 2 aromatic carbocycles. The van der Waals surface area contributed by atoms with Crippen LogP contribution < -0.4 is 5.32 Å². The molecule has 2 aromatic rings. The van der Waals surface area contributed by atoms with Crippen LogP contribution in [-0.2, 0) is 0 Å². The predicted octanol–water partition coefficient (Wildman–Crippen LogP) is 3.90. The minimum atomic E-state index is -1.11. The van der Waals surface area contributed by atoms with Gasteiger partial charge in [-0.25, -0.2) is 4.79 Å². The lowest BCUT2D eigenvalue weighted by atomic mass is 10.2. The van der Waals surface area contributed by atoms with Crippen LogP contribution in [0.25, 0.3) is 0 Å². The average molecular weight is 402 g/mol. The van der Waals surface area contributed by atoms with Gasteiger partial charge in [0.25, 0.3) is 5.91 Å². The SMILES string of the molecule is O=C(Nc1ccc(C(=O)O)c(Cl)c1)c1cccc(I)c1. The number of halogens is 2. The second-order valence-corrected chi connectivity index (χ2v) is 5.62. The third-order valence-corrected chi connectivity index (χ3v) is 3.53. The van der Waals surface area contributed by atoms with Crippen molar-refractivity contribution >= 4 is 51.8 Å². The molecule has 2 rings (SSSR count). The predicted molar refractivity (Wildman–Crippen MR) is 85.5 cm³/mol. The normalized spacial score (nSPS) is 10.1. The van der Waals surface area contributed by atoms with Gasteiger partial charge in [-0.2, -0.15) is 0 Å². The Labute approximate surface area is 133 Å². The maximum Gasteiger partial charge on any atom is 0.337 e. The molecule has 0 heterocycles. The summed E-state index contributed by atoms with van der Waals surface area (Å²) in [4.78, 5) is 22.9. The number of benzene rings is 2. The molecule has 0 aliphatic rings. The quantitative estimate of drug-likeness (QED) is 0.767. The molecule has 0 aromatic heterocycles. The molecule has 0 saturated carbocycles. The number of carboxylic acids is 1. The first-order chi connectivity index (χ1) is 9.47. The maximum absolute atomic E-state index is 12.0. The number of hydrogen-bond donors (Lipinski definition) is 2. The van der Waals surface area contributed by atoms with E-state index in [1.54, 1.807) is 18.2 Å². The molecule has 0 atom stereocenters. The summed E-state index contributed by atoms with van der Waals surface area (Å²) in [6, 6.07) is 11.4. The Hall–Kier alpha value is -1.60. The van der Waals surface area contributed by atoms with Crippen molar-refractivity contribution in [2.24, 2.45) is 0 Å². The standard InChI is InChI=1S/C14H9ClINO3/c15-12-7-10(4-5-11(12)14(19)20)17-13(18)8-2-1-3-9(16)6-8/h1-7H,(H,17,18)(H,19,20). The van der Waals surface area contributed by atoms with Gasteiger partial charge in [0.15, 0.2) is 0 Å². The summed E-state index contributed by atoms with van der Waals surface area (Å²) in [5.74, 6) is -1.38. The van der Waals surface area contributed by atoms with Gasteiger partial charge in [0.2, 0.25) is 0 Å². The first-order valence-electron chi connectivity index (χ1n) is 5.57. The van der Waals surface area contributed by atoms with E-state index in [1.165, 1.54) is 18.2 Å². The summed E-state index contributed by atoms with van der Waals surface area (Å²) in [5.41, 5.74) is 0.970. The fourth-order valence-corrected chi connectivity index (χ4v) is 2.40. The van der Waals surface area contributed by atoms with Gasteiger partial charge in [0, 0.05) is 14.8 Å². The van der Waals surface area contributed by atoms with Crippen LogP contribution in [0.15, 0.2) is 42.5 Å². The molecule has 4 nitrogen and oxygen atoms in total. The van der Waals surface area contributed by atoms with Crippen LogP contribution in [0.3, 0.4) is 0 Å². The van der Waals surface area contributed by atoms with Crippen LogP contribution >= 0.6 is 34.2 Å². The molecule has 0 unspecified atom stereocenters. The van der Waals surface area contributed by atoms with Crippen LogP contribution in [-0.4, -0.2) is 17.0 Å². The number of carbonyl (C=O) groups excluding carboxylic acids is 1. The fourth-order valence-electron chi connectivity index (χ4n) is 1.60. The summed E-state index contributed by atoms with van der Waals surface area (Å²) in [6.45, 7) is 0. The Morgan fingerprint density at radius 1 is 1.15 bits per heavy atom. The number of anilines is 1. The van der Waals surface area contributed by atoms with Gasteiger partial charge in [0.1, 0.15) is 0 Å². The van der Waals surface area contributed by atoms with E-state index in [0.717, 1.165) is 3.57 Å². The molecule has 0 saturated heterocycles. The second-order valence-electron chi connectivity index (χ2n) is 3.96. The third kappa shape index (κ3) is 3.49. The van der Waals surface area contributed by atoms with Crippen LogP contribution in [0, 0.1) is 3.57 Å². The molecular weight excluding hydrogens is 393 g/mol. The molecule has 6 heteroatoms. The van der Waals surface area contributed by atoms with Gasteiger partial charge in [-0.05, 0) is 59.0 Å². The van der Waals surface area contributed by atoms with Crippen LogP contribution in [0.4, 0.5) is 5.69 Å². The summed E-state index contributed by atoms with van der Waals surface area (Å²) in [5, 5.41) is 11.6. The third-order valence-electron chi connectivity index (χ3n) is 2.54. The van der Waals surface area contributed by atoms with E-state index in [2.05, 4.69) is 27.9 Å². The van der Waals surface area contributed by atoms with Crippen molar-refractivity contribution in [3.8, 4) is 0 Å². The van der Waals surface area contributed by atoms with Crippen molar-refractivity contribution in [2.75, 3.05) is 5.32 Å². The maximum atomic E-state index is 12.0. The molecule has 0 bridgehead atoms. The van der Waals surface area contributed by atoms with E-state index >= 15 is 0 Å². The summed E-state index contributed by atoms with van der Waals surface area (Å²) in [7, 11) is 0. The highest BCUT2D eigenvalue weighted by atomic mass is 127. The van der Waals surface area contributed by atoms with Crippen molar-refractivity contribution in [3.05, 3.63) is 62.2 Å². The van der Waals surface area contributed by atoms with E-state index in [9.17, 15) is 9.59 Å². The van der Waals surface area contributed by atoms with Crippen molar-refractivity contribution < 1.29 is 14.7 Å². The molecule has 102 valence electrons. The van der Waals surface area contributed by atoms with E-state index < -0.39 is 5.97 Å². The topological polar surface area (TPSA) is 66.4 Å². The smallest absolute Gasteiger partial charge is 0.337 e. The number of rotatable bonds is 3. The molecular formula is C14H9ClINO3. The Morgan fingerprint density at radius 3 is 2.50 bits per heavy atom.